The van der Waals surface area contributed by atoms with Crippen LogP contribution in [-0.2, 0) is 4.74 Å². The molecule has 2 rings (SSSR count). The smallest absolute Gasteiger partial charge is 0.410 e. The number of benzene rings is 1. The predicted molar refractivity (Wildman–Crippen MR) is 81.4 cm³/mol. The summed E-state index contributed by atoms with van der Waals surface area (Å²) in [5, 5.41) is 13.2. The minimum absolute atomic E-state index is 0.0118. The van der Waals surface area contributed by atoms with Crippen molar-refractivity contribution >= 4 is 6.09 Å². The fraction of sp³-hybridized carbons (Fsp3) is 0.562. The van der Waals surface area contributed by atoms with E-state index in [2.05, 4.69) is 5.32 Å². The summed E-state index contributed by atoms with van der Waals surface area (Å²) in [6.07, 6.45) is -0.287. The van der Waals surface area contributed by atoms with Gasteiger partial charge in [-0.1, -0.05) is 12.1 Å². The summed E-state index contributed by atoms with van der Waals surface area (Å²) < 4.78 is 5.41. The van der Waals surface area contributed by atoms with Crippen LogP contribution in [0.2, 0.25) is 0 Å². The van der Waals surface area contributed by atoms with Crippen LogP contribution in [0.3, 0.4) is 0 Å². The average molecular weight is 292 g/mol. The molecule has 116 valence electrons. The number of phenols is 1. The molecule has 1 atom stereocenters. The third-order valence-corrected chi connectivity index (χ3v) is 3.46. The van der Waals surface area contributed by atoms with Crippen LogP contribution in [-0.4, -0.2) is 41.3 Å². The Balaban J connectivity index is 2.06. The van der Waals surface area contributed by atoms with E-state index in [1.807, 2.05) is 39.8 Å². The van der Waals surface area contributed by atoms with Crippen LogP contribution in [0.25, 0.3) is 0 Å². The molecule has 0 spiro atoms. The second-order valence-electron chi connectivity index (χ2n) is 6.48. The van der Waals surface area contributed by atoms with E-state index in [1.54, 1.807) is 11.0 Å². The van der Waals surface area contributed by atoms with Gasteiger partial charge >= 0.3 is 6.09 Å². The maximum atomic E-state index is 12.1. The predicted octanol–water partition coefficient (Wildman–Crippen LogP) is 2.58. The van der Waals surface area contributed by atoms with Crippen LogP contribution in [0.1, 0.15) is 37.9 Å². The molecule has 1 aliphatic rings. The normalized spacial score (nSPS) is 19.4. The number of nitrogens with one attached hydrogen (secondary N) is 1. The zero-order chi connectivity index (χ0) is 15.6. The number of piperazine rings is 1. The minimum Gasteiger partial charge on any atom is -0.508 e. The molecule has 21 heavy (non-hydrogen) atoms. The summed E-state index contributed by atoms with van der Waals surface area (Å²) in [7, 11) is 0. The first-order valence-corrected chi connectivity index (χ1v) is 7.27. The summed E-state index contributed by atoms with van der Waals surface area (Å²) in [4.78, 5) is 13.8. The van der Waals surface area contributed by atoms with Gasteiger partial charge in [-0.25, -0.2) is 4.79 Å². The number of ether oxygens (including phenoxy) is 1. The number of amides is 1. The van der Waals surface area contributed by atoms with E-state index in [0.29, 0.717) is 19.6 Å². The van der Waals surface area contributed by atoms with E-state index in [9.17, 15) is 9.90 Å². The number of aryl methyl sites for hydroxylation is 1. The minimum atomic E-state index is -0.487. The van der Waals surface area contributed by atoms with Gasteiger partial charge in [0.25, 0.3) is 0 Å². The highest BCUT2D eigenvalue weighted by Gasteiger charge is 2.28. The third-order valence-electron chi connectivity index (χ3n) is 3.46. The van der Waals surface area contributed by atoms with Crippen LogP contribution >= 0.6 is 0 Å². The van der Waals surface area contributed by atoms with E-state index in [4.69, 9.17) is 4.74 Å². The maximum absolute atomic E-state index is 12.1. The molecule has 1 aliphatic heterocycles. The zero-order valence-corrected chi connectivity index (χ0v) is 13.1. The Morgan fingerprint density at radius 3 is 2.76 bits per heavy atom. The largest absolute Gasteiger partial charge is 0.508 e. The van der Waals surface area contributed by atoms with E-state index in [-0.39, 0.29) is 17.9 Å². The van der Waals surface area contributed by atoms with Gasteiger partial charge in [-0.15, -0.1) is 0 Å². The highest BCUT2D eigenvalue weighted by atomic mass is 16.6. The van der Waals surface area contributed by atoms with Crippen molar-refractivity contribution in [2.24, 2.45) is 0 Å². The first-order valence-electron chi connectivity index (χ1n) is 7.27. The lowest BCUT2D eigenvalue weighted by molar-refractivity contribution is 0.0195. The quantitative estimate of drug-likeness (QED) is 0.835. The number of hydrogen-bond donors (Lipinski definition) is 2. The molecule has 1 aromatic carbocycles. The molecule has 0 saturated carbocycles. The van der Waals surface area contributed by atoms with Crippen LogP contribution in [0.5, 0.6) is 5.75 Å². The average Bonchev–Trinajstić information content (AvgIpc) is 2.40. The summed E-state index contributed by atoms with van der Waals surface area (Å²) in [5.74, 6) is 0.281. The molecule has 0 aliphatic carbocycles. The van der Waals surface area contributed by atoms with Crippen molar-refractivity contribution in [1.29, 1.82) is 0 Å². The van der Waals surface area contributed by atoms with E-state index >= 15 is 0 Å². The van der Waals surface area contributed by atoms with Crippen molar-refractivity contribution in [3.8, 4) is 5.75 Å². The van der Waals surface area contributed by atoms with E-state index in [0.717, 1.165) is 11.1 Å². The lowest BCUT2D eigenvalue weighted by Gasteiger charge is -2.35. The number of carbonyl (C=O) groups is 1. The van der Waals surface area contributed by atoms with Crippen molar-refractivity contribution < 1.29 is 14.6 Å². The Bertz CT molecular complexity index is 523. The molecule has 1 saturated heterocycles. The molecule has 0 bridgehead atoms. The lowest BCUT2D eigenvalue weighted by Crippen LogP contribution is -2.49. The fourth-order valence-corrected chi connectivity index (χ4v) is 2.31. The number of aromatic hydroxyl groups is 1. The maximum Gasteiger partial charge on any atom is 0.410 e. The molecule has 5 heteroatoms. The van der Waals surface area contributed by atoms with Gasteiger partial charge < -0.3 is 20.1 Å². The number of rotatable bonds is 1. The molecule has 1 aromatic rings. The molecule has 0 radical (unpaired) electrons. The first-order chi connectivity index (χ1) is 9.76. The summed E-state index contributed by atoms with van der Waals surface area (Å²) >= 11 is 0. The molecular weight excluding hydrogens is 268 g/mol. The SMILES string of the molecule is Cc1ccc(C2CN(C(=O)OC(C)(C)C)CCN2)cc1O. The van der Waals surface area contributed by atoms with Crippen LogP contribution in [0, 0.1) is 6.92 Å². The summed E-state index contributed by atoms with van der Waals surface area (Å²) in [5.41, 5.74) is 1.34. The highest BCUT2D eigenvalue weighted by Crippen LogP contribution is 2.24. The van der Waals surface area contributed by atoms with Crippen molar-refractivity contribution in [2.45, 2.75) is 39.3 Å². The number of carbonyl (C=O) groups excluding carboxylic acids is 1. The molecule has 2 N–H and O–H groups in total. The third kappa shape index (κ3) is 4.11. The summed E-state index contributed by atoms with van der Waals surface area (Å²) in [6, 6.07) is 5.63. The van der Waals surface area contributed by atoms with Gasteiger partial charge in [0, 0.05) is 19.6 Å². The number of phenolic OH excluding ortho intramolecular Hbond substituents is 1. The van der Waals surface area contributed by atoms with Gasteiger partial charge in [0.2, 0.25) is 0 Å². The van der Waals surface area contributed by atoms with Gasteiger partial charge in [-0.2, -0.15) is 0 Å². The molecule has 1 heterocycles. The van der Waals surface area contributed by atoms with Gasteiger partial charge in [0.05, 0.1) is 6.04 Å². The van der Waals surface area contributed by atoms with Gasteiger partial charge in [-0.3, -0.25) is 0 Å². The first kappa shape index (κ1) is 15.6. The van der Waals surface area contributed by atoms with Crippen LogP contribution < -0.4 is 5.32 Å². The summed E-state index contributed by atoms with van der Waals surface area (Å²) in [6.45, 7) is 9.33. The van der Waals surface area contributed by atoms with Crippen molar-refractivity contribution in [2.75, 3.05) is 19.6 Å². The second kappa shape index (κ2) is 5.93. The van der Waals surface area contributed by atoms with Crippen molar-refractivity contribution in [1.82, 2.24) is 10.2 Å². The molecule has 0 aromatic heterocycles. The highest BCUT2D eigenvalue weighted by molar-refractivity contribution is 5.68. The molecule has 1 fully saturated rings. The topological polar surface area (TPSA) is 61.8 Å². The Hall–Kier alpha value is -1.75. The van der Waals surface area contributed by atoms with Crippen LogP contribution in [0.15, 0.2) is 18.2 Å². The van der Waals surface area contributed by atoms with Crippen molar-refractivity contribution in [3.05, 3.63) is 29.3 Å². The second-order valence-corrected chi connectivity index (χ2v) is 6.48. The Labute approximate surface area is 125 Å². The molecular formula is C16H24N2O3. The van der Waals surface area contributed by atoms with Gasteiger partial charge in [0.1, 0.15) is 11.4 Å². The van der Waals surface area contributed by atoms with E-state index < -0.39 is 5.60 Å². The Kier molecular flexibility index (Phi) is 4.42. The number of hydrogen-bond acceptors (Lipinski definition) is 4. The molecule has 5 nitrogen and oxygen atoms in total. The standard InChI is InChI=1S/C16H24N2O3/c1-11-5-6-12(9-14(11)19)13-10-18(8-7-17-13)15(20)21-16(2,3)4/h5-6,9,13,17,19H,7-8,10H2,1-4H3. The zero-order valence-electron chi connectivity index (χ0n) is 13.1. The Morgan fingerprint density at radius 1 is 1.43 bits per heavy atom. The Morgan fingerprint density at radius 2 is 2.14 bits per heavy atom. The lowest BCUT2D eigenvalue weighted by atomic mass is 10.0. The van der Waals surface area contributed by atoms with Gasteiger partial charge in [0.15, 0.2) is 0 Å². The monoisotopic (exact) mass is 292 g/mol. The van der Waals surface area contributed by atoms with Crippen LogP contribution in [0.4, 0.5) is 4.79 Å². The van der Waals surface area contributed by atoms with Crippen molar-refractivity contribution in [3.63, 3.8) is 0 Å². The molecule has 1 amide bonds. The number of nitrogens with zero attached hydrogens (tertiary/aromatic N) is 1. The molecule has 1 unspecified atom stereocenters. The van der Waals surface area contributed by atoms with Gasteiger partial charge in [-0.05, 0) is 44.9 Å². The van der Waals surface area contributed by atoms with E-state index in [1.165, 1.54) is 0 Å². The fourth-order valence-electron chi connectivity index (χ4n) is 2.31.